The third-order valence-electron chi connectivity index (χ3n) is 3.10. The van der Waals surface area contributed by atoms with Gasteiger partial charge >= 0.3 is 0 Å². The van der Waals surface area contributed by atoms with Gasteiger partial charge in [-0.15, -0.1) is 11.3 Å². The summed E-state index contributed by atoms with van der Waals surface area (Å²) in [6, 6.07) is 2.25. The van der Waals surface area contributed by atoms with Crippen LogP contribution >= 0.6 is 27.3 Å². The Kier molecular flexibility index (Phi) is 3.17. The Morgan fingerprint density at radius 3 is 2.06 bits per heavy atom. The molecule has 0 fully saturated rings. The van der Waals surface area contributed by atoms with Gasteiger partial charge in [0.15, 0.2) is 3.92 Å². The van der Waals surface area contributed by atoms with Crippen molar-refractivity contribution >= 4 is 27.3 Å². The molecule has 84 valence electrons. The van der Waals surface area contributed by atoms with Crippen LogP contribution in [-0.4, -0.2) is 4.98 Å². The molecule has 0 aliphatic rings. The van der Waals surface area contributed by atoms with Crippen LogP contribution in [0.5, 0.6) is 0 Å². The first kappa shape index (κ1) is 11.8. The van der Waals surface area contributed by atoms with E-state index in [1.54, 1.807) is 11.3 Å². The fourth-order valence-corrected chi connectivity index (χ4v) is 2.97. The molecule has 1 nitrogen and oxygen atoms in total. The Labute approximate surface area is 109 Å². The molecule has 0 amide bonds. The quantitative estimate of drug-likeness (QED) is 0.736. The van der Waals surface area contributed by atoms with Crippen LogP contribution in [0.2, 0.25) is 0 Å². The predicted octanol–water partition coefficient (Wildman–Crippen LogP) is 4.81. The van der Waals surface area contributed by atoms with Gasteiger partial charge < -0.3 is 0 Å². The van der Waals surface area contributed by atoms with Crippen molar-refractivity contribution in [1.82, 2.24) is 4.98 Å². The lowest BCUT2D eigenvalue weighted by Gasteiger charge is -2.13. The first-order chi connectivity index (χ1) is 7.50. The van der Waals surface area contributed by atoms with Crippen molar-refractivity contribution < 1.29 is 0 Å². The molecule has 0 N–H and O–H groups in total. The lowest BCUT2D eigenvalue weighted by Crippen LogP contribution is -1.95. The van der Waals surface area contributed by atoms with E-state index in [4.69, 9.17) is 0 Å². The van der Waals surface area contributed by atoms with E-state index in [-0.39, 0.29) is 0 Å². The second-order valence-electron chi connectivity index (χ2n) is 4.12. The molecule has 0 aliphatic carbocycles. The first-order valence-electron chi connectivity index (χ1n) is 5.19. The second-order valence-corrected chi connectivity index (χ2v) is 6.26. The largest absolute Gasteiger partial charge is 0.229 e. The summed E-state index contributed by atoms with van der Waals surface area (Å²) >= 11 is 5.06. The van der Waals surface area contributed by atoms with Crippen molar-refractivity contribution in [1.29, 1.82) is 0 Å². The molecule has 0 unspecified atom stereocenters. The molecule has 0 aliphatic heterocycles. The molecule has 0 saturated carbocycles. The highest BCUT2D eigenvalue weighted by Crippen LogP contribution is 2.33. The molecule has 2 aromatic rings. The summed E-state index contributed by atoms with van der Waals surface area (Å²) < 4.78 is 0.945. The number of aryl methyl sites for hydroxylation is 2. The average molecular weight is 296 g/mol. The molecule has 0 radical (unpaired) electrons. The molecule has 0 spiro atoms. The summed E-state index contributed by atoms with van der Waals surface area (Å²) in [6.45, 7) is 8.66. The molecule has 2 rings (SSSR count). The average Bonchev–Trinajstić information content (AvgIpc) is 2.62. The number of hydrogen-bond acceptors (Lipinski definition) is 2. The minimum atomic E-state index is 0.945. The smallest absolute Gasteiger partial charge is 0.159 e. The highest BCUT2D eigenvalue weighted by molar-refractivity contribution is 9.11. The molecule has 1 heterocycles. The fourth-order valence-electron chi connectivity index (χ4n) is 1.97. The Balaban J connectivity index is 2.73. The van der Waals surface area contributed by atoms with Crippen LogP contribution < -0.4 is 0 Å². The normalized spacial score (nSPS) is 10.8. The zero-order valence-corrected chi connectivity index (χ0v) is 12.3. The van der Waals surface area contributed by atoms with Crippen LogP contribution in [0, 0.1) is 27.7 Å². The van der Waals surface area contributed by atoms with Gasteiger partial charge in [0, 0.05) is 10.9 Å². The minimum absolute atomic E-state index is 0.945. The van der Waals surface area contributed by atoms with Crippen LogP contribution in [0.1, 0.15) is 22.3 Å². The van der Waals surface area contributed by atoms with E-state index in [1.165, 1.54) is 27.8 Å². The third kappa shape index (κ3) is 1.94. The summed E-state index contributed by atoms with van der Waals surface area (Å²) in [4.78, 5) is 4.52. The monoisotopic (exact) mass is 295 g/mol. The number of nitrogens with zero attached hydrogens (tertiary/aromatic N) is 1. The standard InChI is InChI=1S/C13H14BrNS/c1-7-5-8(2)10(4)12(9(7)3)11-6-16-13(14)15-11/h5-6H,1-4H3. The molecule has 1 aromatic carbocycles. The highest BCUT2D eigenvalue weighted by atomic mass is 79.9. The maximum absolute atomic E-state index is 4.52. The Bertz CT molecular complexity index is 517. The van der Waals surface area contributed by atoms with Gasteiger partial charge in [0.2, 0.25) is 0 Å². The van der Waals surface area contributed by atoms with Crippen LogP contribution in [0.3, 0.4) is 0 Å². The van der Waals surface area contributed by atoms with E-state index >= 15 is 0 Å². The van der Waals surface area contributed by atoms with E-state index in [2.05, 4.69) is 60.1 Å². The Hall–Kier alpha value is -0.670. The van der Waals surface area contributed by atoms with Gasteiger partial charge in [0.1, 0.15) is 0 Å². The zero-order chi connectivity index (χ0) is 11.9. The van der Waals surface area contributed by atoms with E-state index in [0.29, 0.717) is 0 Å². The minimum Gasteiger partial charge on any atom is -0.229 e. The SMILES string of the molecule is Cc1cc(C)c(C)c(-c2csc(Br)n2)c1C. The number of aromatic nitrogens is 1. The van der Waals surface area contributed by atoms with E-state index < -0.39 is 0 Å². The van der Waals surface area contributed by atoms with E-state index in [1.807, 2.05) is 0 Å². The van der Waals surface area contributed by atoms with E-state index in [0.717, 1.165) is 9.61 Å². The van der Waals surface area contributed by atoms with Crippen LogP contribution in [-0.2, 0) is 0 Å². The predicted molar refractivity (Wildman–Crippen MR) is 74.2 cm³/mol. The number of hydrogen-bond donors (Lipinski definition) is 0. The van der Waals surface area contributed by atoms with Crippen molar-refractivity contribution in [2.24, 2.45) is 0 Å². The van der Waals surface area contributed by atoms with Crippen LogP contribution in [0.25, 0.3) is 11.3 Å². The van der Waals surface area contributed by atoms with Gasteiger partial charge in [0.05, 0.1) is 5.69 Å². The zero-order valence-electron chi connectivity index (χ0n) is 9.89. The highest BCUT2D eigenvalue weighted by Gasteiger charge is 2.12. The Morgan fingerprint density at radius 2 is 1.62 bits per heavy atom. The number of thiazole rings is 1. The van der Waals surface area contributed by atoms with Gasteiger partial charge in [0.25, 0.3) is 0 Å². The number of rotatable bonds is 1. The first-order valence-corrected chi connectivity index (χ1v) is 6.86. The fraction of sp³-hybridized carbons (Fsp3) is 0.308. The van der Waals surface area contributed by atoms with Gasteiger partial charge in [-0.2, -0.15) is 0 Å². The number of benzene rings is 1. The van der Waals surface area contributed by atoms with Gasteiger partial charge in [-0.25, -0.2) is 4.98 Å². The lowest BCUT2D eigenvalue weighted by atomic mass is 9.93. The maximum atomic E-state index is 4.52. The van der Waals surface area contributed by atoms with E-state index in [9.17, 15) is 0 Å². The van der Waals surface area contributed by atoms with Crippen molar-refractivity contribution in [2.75, 3.05) is 0 Å². The molecular formula is C13H14BrNS. The van der Waals surface area contributed by atoms with Crippen molar-refractivity contribution in [3.05, 3.63) is 37.6 Å². The van der Waals surface area contributed by atoms with Gasteiger partial charge in [-0.05, 0) is 65.9 Å². The van der Waals surface area contributed by atoms with Gasteiger partial charge in [-0.1, -0.05) is 6.07 Å². The Morgan fingerprint density at radius 1 is 1.06 bits per heavy atom. The number of halogens is 1. The molecule has 0 atom stereocenters. The summed E-state index contributed by atoms with van der Waals surface area (Å²) in [7, 11) is 0. The molecule has 16 heavy (non-hydrogen) atoms. The topological polar surface area (TPSA) is 12.9 Å². The third-order valence-corrected chi connectivity index (χ3v) is 4.46. The summed E-state index contributed by atoms with van der Waals surface area (Å²) in [5.74, 6) is 0. The van der Waals surface area contributed by atoms with Crippen LogP contribution in [0.4, 0.5) is 0 Å². The van der Waals surface area contributed by atoms with Gasteiger partial charge in [-0.3, -0.25) is 0 Å². The molecular weight excluding hydrogens is 282 g/mol. The molecule has 0 saturated heterocycles. The molecule has 1 aromatic heterocycles. The summed E-state index contributed by atoms with van der Waals surface area (Å²) in [5.41, 5.74) is 7.71. The lowest BCUT2D eigenvalue weighted by molar-refractivity contribution is 1.22. The van der Waals surface area contributed by atoms with Crippen molar-refractivity contribution in [3.63, 3.8) is 0 Å². The van der Waals surface area contributed by atoms with Crippen molar-refractivity contribution in [2.45, 2.75) is 27.7 Å². The summed E-state index contributed by atoms with van der Waals surface area (Å²) in [5, 5.41) is 2.11. The summed E-state index contributed by atoms with van der Waals surface area (Å²) in [6.07, 6.45) is 0. The second kappa shape index (κ2) is 4.30. The van der Waals surface area contributed by atoms with Crippen molar-refractivity contribution in [3.8, 4) is 11.3 Å². The molecule has 0 bridgehead atoms. The maximum Gasteiger partial charge on any atom is 0.159 e. The van der Waals surface area contributed by atoms with Crippen LogP contribution in [0.15, 0.2) is 15.4 Å². The molecule has 3 heteroatoms.